The molecule has 0 spiro atoms. The van der Waals surface area contributed by atoms with Gasteiger partial charge in [0.05, 0.1) is 31.4 Å². The smallest absolute Gasteiger partial charge is 0.300 e. The maximum Gasteiger partial charge on any atom is 0.300 e. The Morgan fingerprint density at radius 1 is 1.00 bits per heavy atom. The normalized spacial score (nSPS) is 17.3. The molecule has 1 unspecified atom stereocenters. The number of methoxy groups -OCH3 is 2. The Bertz CT molecular complexity index is 1270. The molecule has 1 N–H and O–H groups in total. The molecule has 0 aliphatic carbocycles. The molecule has 0 saturated carbocycles. The monoisotopic (exact) mass is 467 g/mol. The van der Waals surface area contributed by atoms with Crippen molar-refractivity contribution in [1.82, 2.24) is 0 Å². The molecule has 1 saturated heterocycles. The van der Waals surface area contributed by atoms with Crippen LogP contribution in [0.25, 0.3) is 5.76 Å². The SMILES string of the molecule is COc1ccc(OC)c(/C(O)=C2\C(=O)C(=O)N(c3cccc(Cl)c3)C2c2ccc(F)cc2)c1. The summed E-state index contributed by atoms with van der Waals surface area (Å²) < 4.78 is 24.2. The zero-order valence-electron chi connectivity index (χ0n) is 17.7. The van der Waals surface area contributed by atoms with Crippen LogP contribution < -0.4 is 14.4 Å². The Hall–Kier alpha value is -3.84. The Labute approximate surface area is 194 Å². The predicted molar refractivity (Wildman–Crippen MR) is 122 cm³/mol. The minimum absolute atomic E-state index is 0.168. The van der Waals surface area contributed by atoms with Gasteiger partial charge in [0, 0.05) is 10.7 Å². The molecule has 1 fully saturated rings. The van der Waals surface area contributed by atoms with Gasteiger partial charge in [-0.3, -0.25) is 14.5 Å². The summed E-state index contributed by atoms with van der Waals surface area (Å²) in [5.41, 5.74) is 0.792. The van der Waals surface area contributed by atoms with Gasteiger partial charge in [-0.1, -0.05) is 29.8 Å². The third-order valence-electron chi connectivity index (χ3n) is 5.38. The zero-order valence-corrected chi connectivity index (χ0v) is 18.5. The van der Waals surface area contributed by atoms with Gasteiger partial charge in [0.25, 0.3) is 11.7 Å². The van der Waals surface area contributed by atoms with Crippen LogP contribution in [0.15, 0.2) is 72.3 Å². The molecule has 0 radical (unpaired) electrons. The molecular formula is C25H19ClFNO5. The summed E-state index contributed by atoms with van der Waals surface area (Å²) in [5.74, 6) is -1.97. The van der Waals surface area contributed by atoms with E-state index in [-0.39, 0.29) is 16.9 Å². The molecule has 1 aliphatic heterocycles. The zero-order chi connectivity index (χ0) is 23.7. The van der Waals surface area contributed by atoms with Crippen LogP contribution in [0.4, 0.5) is 10.1 Å². The van der Waals surface area contributed by atoms with E-state index in [1.807, 2.05) is 0 Å². The average Bonchev–Trinajstić information content (AvgIpc) is 3.09. The molecule has 4 rings (SSSR count). The van der Waals surface area contributed by atoms with Crippen molar-refractivity contribution < 1.29 is 28.6 Å². The quantitative estimate of drug-likeness (QED) is 0.320. The molecule has 1 amide bonds. The Morgan fingerprint density at radius 2 is 1.73 bits per heavy atom. The van der Waals surface area contributed by atoms with Gasteiger partial charge in [0.15, 0.2) is 0 Å². The topological polar surface area (TPSA) is 76.1 Å². The molecule has 1 heterocycles. The lowest BCUT2D eigenvalue weighted by Crippen LogP contribution is -2.29. The second kappa shape index (κ2) is 8.96. The average molecular weight is 468 g/mol. The summed E-state index contributed by atoms with van der Waals surface area (Å²) >= 11 is 6.13. The second-order valence-electron chi connectivity index (χ2n) is 7.27. The number of hydrogen-bond donors (Lipinski definition) is 1. The third-order valence-corrected chi connectivity index (χ3v) is 5.61. The van der Waals surface area contributed by atoms with Crippen LogP contribution in [0.5, 0.6) is 11.5 Å². The highest BCUT2D eigenvalue weighted by Gasteiger charge is 2.47. The number of hydrogen-bond acceptors (Lipinski definition) is 5. The molecule has 1 aliphatic rings. The van der Waals surface area contributed by atoms with E-state index in [1.54, 1.807) is 30.3 Å². The van der Waals surface area contributed by atoms with Crippen LogP contribution in [0.3, 0.4) is 0 Å². The molecule has 8 heteroatoms. The summed E-state index contributed by atoms with van der Waals surface area (Å²) in [6.45, 7) is 0. The first-order valence-electron chi connectivity index (χ1n) is 9.90. The fourth-order valence-electron chi connectivity index (χ4n) is 3.83. The number of benzene rings is 3. The molecule has 33 heavy (non-hydrogen) atoms. The number of aliphatic hydroxyl groups is 1. The van der Waals surface area contributed by atoms with Crippen molar-refractivity contribution in [2.75, 3.05) is 19.1 Å². The highest BCUT2D eigenvalue weighted by atomic mass is 35.5. The van der Waals surface area contributed by atoms with Crippen LogP contribution in [0, 0.1) is 5.82 Å². The van der Waals surface area contributed by atoms with E-state index < -0.39 is 29.3 Å². The van der Waals surface area contributed by atoms with Crippen LogP contribution in [-0.2, 0) is 9.59 Å². The summed E-state index contributed by atoms with van der Waals surface area (Å²) in [7, 11) is 2.88. The number of Topliss-reactive ketones (excluding diaryl/α,β-unsaturated/α-hetero) is 1. The Morgan fingerprint density at radius 3 is 2.36 bits per heavy atom. The molecule has 3 aromatic carbocycles. The second-order valence-corrected chi connectivity index (χ2v) is 7.70. The number of carbonyl (C=O) groups excluding carboxylic acids is 2. The fraction of sp³-hybridized carbons (Fsp3) is 0.120. The van der Waals surface area contributed by atoms with E-state index in [9.17, 15) is 19.1 Å². The number of nitrogens with zero attached hydrogens (tertiary/aromatic N) is 1. The molecule has 168 valence electrons. The first kappa shape index (κ1) is 22.4. The van der Waals surface area contributed by atoms with Crippen molar-refractivity contribution in [1.29, 1.82) is 0 Å². The van der Waals surface area contributed by atoms with Gasteiger partial charge >= 0.3 is 0 Å². The molecular weight excluding hydrogens is 449 g/mol. The van der Waals surface area contributed by atoms with Gasteiger partial charge in [-0.15, -0.1) is 0 Å². The summed E-state index contributed by atoms with van der Waals surface area (Å²) in [5, 5.41) is 11.7. The van der Waals surface area contributed by atoms with Gasteiger partial charge in [-0.05, 0) is 54.1 Å². The number of ether oxygens (including phenoxy) is 2. The number of carbonyl (C=O) groups is 2. The minimum atomic E-state index is -1.03. The molecule has 1 atom stereocenters. The Balaban J connectivity index is 1.99. The van der Waals surface area contributed by atoms with E-state index in [1.165, 1.54) is 55.5 Å². The van der Waals surface area contributed by atoms with E-state index in [2.05, 4.69) is 0 Å². The lowest BCUT2D eigenvalue weighted by atomic mass is 9.94. The standard InChI is InChI=1S/C25H19ClFNO5/c1-32-18-10-11-20(33-2)19(13-18)23(29)21-22(14-6-8-16(27)9-7-14)28(25(31)24(21)30)17-5-3-4-15(26)12-17/h3-13,22,29H,1-2H3/b23-21+. The first-order chi connectivity index (χ1) is 15.8. The van der Waals surface area contributed by atoms with Crippen molar-refractivity contribution >= 4 is 34.7 Å². The molecule has 0 aromatic heterocycles. The third kappa shape index (κ3) is 4.03. The number of halogens is 2. The molecule has 3 aromatic rings. The summed E-state index contributed by atoms with van der Waals surface area (Å²) in [6.07, 6.45) is 0. The van der Waals surface area contributed by atoms with E-state index in [0.29, 0.717) is 22.0 Å². The highest BCUT2D eigenvalue weighted by Crippen LogP contribution is 2.44. The predicted octanol–water partition coefficient (Wildman–Crippen LogP) is 5.12. The summed E-state index contributed by atoms with van der Waals surface area (Å²) in [4.78, 5) is 27.6. The van der Waals surface area contributed by atoms with Crippen molar-refractivity contribution in [3.8, 4) is 11.5 Å². The van der Waals surface area contributed by atoms with Crippen LogP contribution in [-0.4, -0.2) is 31.0 Å². The van der Waals surface area contributed by atoms with E-state index in [4.69, 9.17) is 21.1 Å². The number of rotatable bonds is 5. The number of ketones is 1. The number of aliphatic hydroxyl groups excluding tert-OH is 1. The van der Waals surface area contributed by atoms with E-state index >= 15 is 0 Å². The first-order valence-corrected chi connectivity index (χ1v) is 10.3. The van der Waals surface area contributed by atoms with Crippen molar-refractivity contribution in [3.05, 3.63) is 94.3 Å². The highest BCUT2D eigenvalue weighted by molar-refractivity contribution is 6.51. The van der Waals surface area contributed by atoms with Crippen molar-refractivity contribution in [2.45, 2.75) is 6.04 Å². The van der Waals surface area contributed by atoms with Crippen LogP contribution >= 0.6 is 11.6 Å². The number of amides is 1. The van der Waals surface area contributed by atoms with Gasteiger partial charge in [0.1, 0.15) is 23.1 Å². The lowest BCUT2D eigenvalue weighted by molar-refractivity contribution is -0.132. The van der Waals surface area contributed by atoms with Crippen molar-refractivity contribution in [2.24, 2.45) is 0 Å². The maximum absolute atomic E-state index is 13.6. The molecule has 0 bridgehead atoms. The molecule has 6 nitrogen and oxygen atoms in total. The minimum Gasteiger partial charge on any atom is -0.507 e. The van der Waals surface area contributed by atoms with Gasteiger partial charge in [-0.25, -0.2) is 4.39 Å². The van der Waals surface area contributed by atoms with Crippen LogP contribution in [0.1, 0.15) is 17.2 Å². The Kier molecular flexibility index (Phi) is 6.07. The van der Waals surface area contributed by atoms with Gasteiger partial charge in [-0.2, -0.15) is 0 Å². The lowest BCUT2D eigenvalue weighted by Gasteiger charge is -2.25. The van der Waals surface area contributed by atoms with Gasteiger partial charge in [0.2, 0.25) is 0 Å². The number of anilines is 1. The maximum atomic E-state index is 13.6. The van der Waals surface area contributed by atoms with Crippen LogP contribution in [0.2, 0.25) is 5.02 Å². The van der Waals surface area contributed by atoms with Crippen molar-refractivity contribution in [3.63, 3.8) is 0 Å². The largest absolute Gasteiger partial charge is 0.507 e. The fourth-order valence-corrected chi connectivity index (χ4v) is 4.01. The van der Waals surface area contributed by atoms with E-state index in [0.717, 1.165) is 0 Å². The summed E-state index contributed by atoms with van der Waals surface area (Å²) in [6, 6.07) is 15.5. The van der Waals surface area contributed by atoms with Gasteiger partial charge < -0.3 is 14.6 Å².